The summed E-state index contributed by atoms with van der Waals surface area (Å²) in [6.07, 6.45) is 2.57. The molecular weight excluding hydrogens is 208 g/mol. The number of hydrogen-bond acceptors (Lipinski definition) is 0. The SMILES string of the molecule is BrCCCCBr.[2H][2H]. The molecule has 0 bridgehead atoms. The Morgan fingerprint density at radius 2 is 1.50 bits per heavy atom. The quantitative estimate of drug-likeness (QED) is 0.506. The Bertz CT molecular complexity index is 24.0. The van der Waals surface area contributed by atoms with Crippen molar-refractivity contribution < 1.29 is 2.97 Å². The first-order valence-electron chi connectivity index (χ1n) is 3.03. The molecule has 2 heteroatoms. The van der Waals surface area contributed by atoms with Crippen LogP contribution in [0.15, 0.2) is 0 Å². The Morgan fingerprint density at radius 3 is 1.67 bits per heavy atom. The van der Waals surface area contributed by atoms with Gasteiger partial charge in [-0.3, -0.25) is 0 Å². The van der Waals surface area contributed by atoms with Crippen LogP contribution >= 0.6 is 31.9 Å². The monoisotopic (exact) mass is 218 g/mol. The molecule has 40 valence electrons. The minimum atomic E-state index is 1.14. The Labute approximate surface area is 58.7 Å². The molecule has 0 N–H and O–H groups in total. The topological polar surface area (TPSA) is 0 Å². The summed E-state index contributed by atoms with van der Waals surface area (Å²) in [4.78, 5) is 0. The molecule has 0 atom stereocenters. The zero-order valence-corrected chi connectivity index (χ0v) is 6.76. The number of hydrogen-bond donors (Lipinski definition) is 0. The second-order valence-corrected chi connectivity index (χ2v) is 2.67. The Balaban J connectivity index is 0. The van der Waals surface area contributed by atoms with E-state index < -0.39 is 0 Å². The van der Waals surface area contributed by atoms with Gasteiger partial charge in [0.05, 0.1) is 0 Å². The molecule has 0 unspecified atom stereocenters. The maximum Gasteiger partial charge on any atom is 0.00315 e. The van der Waals surface area contributed by atoms with Crippen LogP contribution < -0.4 is 0 Å². The Hall–Kier alpha value is 0.960. The molecule has 0 amide bonds. The van der Waals surface area contributed by atoms with Crippen molar-refractivity contribution in [2.45, 2.75) is 12.8 Å². The largest absolute Gasteiger partial charge is 0.0928 e. The van der Waals surface area contributed by atoms with Crippen molar-refractivity contribution in [3.8, 4) is 0 Å². The summed E-state index contributed by atoms with van der Waals surface area (Å²) in [7, 11) is 0. The molecule has 0 heterocycles. The first-order valence-corrected chi connectivity index (χ1v) is 4.28. The average Bonchev–Trinajstić information content (AvgIpc) is 1.88. The highest BCUT2D eigenvalue weighted by molar-refractivity contribution is 9.09. The fourth-order valence-electron chi connectivity index (χ4n) is 0.189. The maximum atomic E-state index is 5.00. The highest BCUT2D eigenvalue weighted by atomic mass is 79.9. The number of halogens is 2. The summed E-state index contributed by atoms with van der Waals surface area (Å²) in [6, 6.07) is 0. The molecule has 0 fully saturated rings. The lowest BCUT2D eigenvalue weighted by Gasteiger charge is -1.83. The van der Waals surface area contributed by atoms with Crippen LogP contribution in [0.2, 0.25) is 0 Å². The van der Waals surface area contributed by atoms with Crippen LogP contribution in [0.5, 0.6) is 0 Å². The van der Waals surface area contributed by atoms with E-state index in [1.54, 1.807) is 0 Å². The first kappa shape index (κ1) is 5.10. The number of alkyl halides is 2. The van der Waals surface area contributed by atoms with Gasteiger partial charge in [-0.05, 0) is 12.8 Å². The molecule has 6 heavy (non-hydrogen) atoms. The summed E-state index contributed by atoms with van der Waals surface area (Å²) in [5.74, 6) is 0. The third-order valence-corrected chi connectivity index (χ3v) is 1.64. The van der Waals surface area contributed by atoms with Crippen molar-refractivity contribution in [1.82, 2.24) is 0 Å². The van der Waals surface area contributed by atoms with Crippen LogP contribution in [0.3, 0.4) is 0 Å². The van der Waals surface area contributed by atoms with Crippen LogP contribution in [0, 0.1) is 0 Å². The van der Waals surface area contributed by atoms with E-state index in [9.17, 15) is 0 Å². The maximum absolute atomic E-state index is 5.00. The lowest BCUT2D eigenvalue weighted by Crippen LogP contribution is -1.73. The van der Waals surface area contributed by atoms with E-state index in [2.05, 4.69) is 31.9 Å². The Morgan fingerprint density at radius 1 is 1.17 bits per heavy atom. The van der Waals surface area contributed by atoms with Crippen molar-refractivity contribution in [2.75, 3.05) is 10.7 Å². The zero-order valence-electron chi connectivity index (χ0n) is 5.58. The Kier molecular flexibility index (Phi) is 5.07. The van der Waals surface area contributed by atoms with Gasteiger partial charge in [0.15, 0.2) is 0 Å². The smallest absolute Gasteiger partial charge is 0.00315 e. The van der Waals surface area contributed by atoms with E-state index in [4.69, 9.17) is 2.97 Å². The summed E-state index contributed by atoms with van der Waals surface area (Å²) < 4.78 is 10.0. The summed E-state index contributed by atoms with van der Waals surface area (Å²) in [6.45, 7) is 0. The van der Waals surface area contributed by atoms with Crippen LogP contribution in [-0.2, 0) is 0 Å². The average molecular weight is 220 g/mol. The molecule has 0 nitrogen and oxygen atoms in total. The predicted octanol–water partition coefficient (Wildman–Crippen LogP) is 2.80. The van der Waals surface area contributed by atoms with Gasteiger partial charge >= 0.3 is 0 Å². The normalized spacial score (nSPS) is 10.3. The van der Waals surface area contributed by atoms with E-state index in [0.717, 1.165) is 10.7 Å². The molecule has 0 spiro atoms. The van der Waals surface area contributed by atoms with Crippen LogP contribution in [0.1, 0.15) is 15.8 Å². The molecule has 0 saturated carbocycles. The van der Waals surface area contributed by atoms with Crippen LogP contribution in [0.25, 0.3) is 0 Å². The highest BCUT2D eigenvalue weighted by Crippen LogP contribution is 1.95. The molecule has 0 aromatic carbocycles. The zero-order chi connectivity index (χ0) is 6.83. The summed E-state index contributed by atoms with van der Waals surface area (Å²) in [5.41, 5.74) is 0. The van der Waals surface area contributed by atoms with Crippen molar-refractivity contribution in [2.24, 2.45) is 0 Å². The molecule has 0 aliphatic carbocycles. The van der Waals surface area contributed by atoms with Crippen molar-refractivity contribution in [1.29, 1.82) is 0 Å². The van der Waals surface area contributed by atoms with E-state index in [1.807, 2.05) is 0 Å². The van der Waals surface area contributed by atoms with Gasteiger partial charge in [0.2, 0.25) is 0 Å². The van der Waals surface area contributed by atoms with Crippen molar-refractivity contribution in [3.63, 3.8) is 0 Å². The van der Waals surface area contributed by atoms with Gasteiger partial charge in [-0.15, -0.1) is 0 Å². The lowest BCUT2D eigenvalue weighted by atomic mass is 10.4. The summed E-state index contributed by atoms with van der Waals surface area (Å²) >= 11 is 6.66. The second kappa shape index (κ2) is 5.96. The molecular formula is C4H10Br2. The molecule has 0 aromatic heterocycles. The van der Waals surface area contributed by atoms with E-state index >= 15 is 0 Å². The molecule has 0 radical (unpaired) electrons. The minimum Gasteiger partial charge on any atom is -0.0928 e. The van der Waals surface area contributed by atoms with Gasteiger partial charge < -0.3 is 0 Å². The lowest BCUT2D eigenvalue weighted by molar-refractivity contribution is 0.919. The van der Waals surface area contributed by atoms with Crippen LogP contribution in [0.4, 0.5) is 0 Å². The van der Waals surface area contributed by atoms with E-state index in [1.165, 1.54) is 12.8 Å². The third-order valence-electron chi connectivity index (χ3n) is 0.517. The van der Waals surface area contributed by atoms with Gasteiger partial charge in [-0.2, -0.15) is 0 Å². The van der Waals surface area contributed by atoms with Crippen molar-refractivity contribution in [3.05, 3.63) is 0 Å². The van der Waals surface area contributed by atoms with E-state index in [0.29, 0.717) is 0 Å². The molecule has 0 aliphatic heterocycles. The molecule has 0 aromatic rings. The van der Waals surface area contributed by atoms with Crippen molar-refractivity contribution >= 4 is 31.9 Å². The highest BCUT2D eigenvalue weighted by Gasteiger charge is 1.77. The fraction of sp³-hybridized carbons (Fsp3) is 1.00. The minimum absolute atomic E-state index is 1.14. The van der Waals surface area contributed by atoms with Gasteiger partial charge in [0, 0.05) is 13.6 Å². The molecule has 0 aliphatic rings. The van der Waals surface area contributed by atoms with Gasteiger partial charge in [0.25, 0.3) is 0 Å². The van der Waals surface area contributed by atoms with Gasteiger partial charge in [0.1, 0.15) is 0 Å². The summed E-state index contributed by atoms with van der Waals surface area (Å²) in [5, 5.41) is 2.28. The molecule has 0 saturated heterocycles. The number of unbranched alkanes of at least 4 members (excludes halogenated alkanes) is 1. The standard InChI is InChI=1S/C4H8Br2.H2/c5-3-1-2-4-6;/h1-4H2;1H/i;1+1D. The van der Waals surface area contributed by atoms with Gasteiger partial charge in [-0.25, -0.2) is 0 Å². The third kappa shape index (κ3) is 4.96. The van der Waals surface area contributed by atoms with Gasteiger partial charge in [-0.1, -0.05) is 31.9 Å². The predicted molar refractivity (Wildman–Crippen MR) is 38.9 cm³/mol. The molecule has 0 rings (SSSR count). The fourth-order valence-corrected chi connectivity index (χ4v) is 0.982. The first-order chi connectivity index (χ1) is 3.91. The van der Waals surface area contributed by atoms with E-state index in [-0.39, 0.29) is 0 Å². The second-order valence-electron chi connectivity index (χ2n) is 1.09. The number of rotatable bonds is 3. The van der Waals surface area contributed by atoms with Crippen LogP contribution in [-0.4, -0.2) is 10.7 Å².